The van der Waals surface area contributed by atoms with E-state index in [1.54, 1.807) is 0 Å². The van der Waals surface area contributed by atoms with E-state index in [1.807, 2.05) is 24.7 Å². The van der Waals surface area contributed by atoms with Crippen LogP contribution in [0.3, 0.4) is 0 Å². The molecule has 7 rings (SSSR count). The summed E-state index contributed by atoms with van der Waals surface area (Å²) in [5, 5.41) is 18.4. The van der Waals surface area contributed by atoms with Crippen LogP contribution in [0, 0.1) is 0 Å². The SMILES string of the molecule is c1cc2c3cnc(Nc4ccc(N5CCNC6(CCCCC6)C5)nn4)nc3n(C3CCCC3)c2cn1. The predicted octanol–water partition coefficient (Wildman–Crippen LogP) is 4.74. The van der Waals surface area contributed by atoms with E-state index in [0.29, 0.717) is 17.8 Å². The van der Waals surface area contributed by atoms with Gasteiger partial charge in [0.25, 0.3) is 0 Å². The second-order valence-corrected chi connectivity index (χ2v) is 10.7. The van der Waals surface area contributed by atoms with Crippen LogP contribution in [0.15, 0.2) is 36.8 Å². The van der Waals surface area contributed by atoms with E-state index in [-0.39, 0.29) is 5.54 Å². The van der Waals surface area contributed by atoms with Crippen LogP contribution in [-0.4, -0.2) is 54.9 Å². The summed E-state index contributed by atoms with van der Waals surface area (Å²) >= 11 is 0. The molecule has 0 atom stereocenters. The molecule has 2 saturated carbocycles. The maximum Gasteiger partial charge on any atom is 0.230 e. The molecule has 1 spiro atoms. The minimum Gasteiger partial charge on any atom is -0.352 e. The zero-order valence-corrected chi connectivity index (χ0v) is 20.7. The van der Waals surface area contributed by atoms with Crippen LogP contribution in [0.5, 0.6) is 0 Å². The summed E-state index contributed by atoms with van der Waals surface area (Å²) < 4.78 is 2.37. The van der Waals surface area contributed by atoms with Gasteiger partial charge in [-0.3, -0.25) is 4.98 Å². The van der Waals surface area contributed by atoms with Gasteiger partial charge >= 0.3 is 0 Å². The van der Waals surface area contributed by atoms with Gasteiger partial charge in [-0.2, -0.15) is 4.98 Å². The van der Waals surface area contributed by atoms with Crippen molar-refractivity contribution in [2.24, 2.45) is 0 Å². The number of piperazine rings is 1. The minimum atomic E-state index is 0.242. The molecule has 0 aromatic carbocycles. The van der Waals surface area contributed by atoms with Crippen LogP contribution in [0.2, 0.25) is 0 Å². The number of aromatic nitrogens is 6. The summed E-state index contributed by atoms with van der Waals surface area (Å²) in [5.74, 6) is 2.14. The van der Waals surface area contributed by atoms with Gasteiger partial charge in [0.15, 0.2) is 11.6 Å². The van der Waals surface area contributed by atoms with Crippen molar-refractivity contribution in [3.63, 3.8) is 0 Å². The molecule has 9 nitrogen and oxygen atoms in total. The van der Waals surface area contributed by atoms with Gasteiger partial charge in [-0.1, -0.05) is 32.1 Å². The van der Waals surface area contributed by atoms with Crippen molar-refractivity contribution in [1.82, 2.24) is 35.0 Å². The third kappa shape index (κ3) is 3.86. The Hall–Kier alpha value is -3.33. The summed E-state index contributed by atoms with van der Waals surface area (Å²) in [6.45, 7) is 2.97. The second-order valence-electron chi connectivity index (χ2n) is 10.7. The zero-order chi connectivity index (χ0) is 24.0. The standard InChI is InChI=1S/C27H33N9/c1-4-11-27(12-5-1)18-35(15-14-30-27)24-9-8-23(33-34-24)31-26-29-16-21-20-10-13-28-17-22(20)36(25(21)32-26)19-6-2-3-7-19/h8-10,13,16-17,19,30H,1-7,11-12,14-15,18H2,(H,29,31,32,33). The molecule has 2 aliphatic carbocycles. The minimum absolute atomic E-state index is 0.242. The lowest BCUT2D eigenvalue weighted by Crippen LogP contribution is -2.61. The number of fused-ring (bicyclic) bond motifs is 3. The lowest BCUT2D eigenvalue weighted by molar-refractivity contribution is 0.215. The zero-order valence-electron chi connectivity index (χ0n) is 20.7. The molecular weight excluding hydrogens is 450 g/mol. The summed E-state index contributed by atoms with van der Waals surface area (Å²) in [6, 6.07) is 6.58. The Bertz CT molecular complexity index is 1360. The number of hydrogen-bond acceptors (Lipinski definition) is 8. The summed E-state index contributed by atoms with van der Waals surface area (Å²) in [5.41, 5.74) is 2.35. The molecule has 3 aliphatic rings. The number of rotatable bonds is 4. The molecule has 1 aliphatic heterocycles. The molecule has 36 heavy (non-hydrogen) atoms. The van der Waals surface area contributed by atoms with Crippen molar-refractivity contribution in [3.05, 3.63) is 36.8 Å². The number of anilines is 3. The van der Waals surface area contributed by atoms with Gasteiger partial charge < -0.3 is 20.1 Å². The molecule has 1 saturated heterocycles. The third-order valence-corrected chi connectivity index (χ3v) is 8.44. The topological polar surface area (TPSA) is 96.7 Å². The van der Waals surface area contributed by atoms with Crippen molar-refractivity contribution < 1.29 is 0 Å². The van der Waals surface area contributed by atoms with Gasteiger partial charge in [0.1, 0.15) is 5.65 Å². The highest BCUT2D eigenvalue weighted by Crippen LogP contribution is 2.37. The number of nitrogens with one attached hydrogen (secondary N) is 2. The normalized spacial score (nSPS) is 20.5. The van der Waals surface area contributed by atoms with Gasteiger partial charge in [-0.25, -0.2) is 4.98 Å². The summed E-state index contributed by atoms with van der Waals surface area (Å²) in [7, 11) is 0. The van der Waals surface area contributed by atoms with Crippen LogP contribution in [0.1, 0.15) is 63.8 Å². The van der Waals surface area contributed by atoms with Crippen LogP contribution in [0.4, 0.5) is 17.6 Å². The molecule has 3 fully saturated rings. The number of hydrogen-bond donors (Lipinski definition) is 2. The lowest BCUT2D eigenvalue weighted by Gasteiger charge is -2.46. The monoisotopic (exact) mass is 483 g/mol. The quantitative estimate of drug-likeness (QED) is 0.430. The van der Waals surface area contributed by atoms with Crippen LogP contribution >= 0.6 is 0 Å². The largest absolute Gasteiger partial charge is 0.352 e. The highest BCUT2D eigenvalue weighted by Gasteiger charge is 2.36. The van der Waals surface area contributed by atoms with E-state index < -0.39 is 0 Å². The van der Waals surface area contributed by atoms with Gasteiger partial charge in [0, 0.05) is 54.4 Å². The van der Waals surface area contributed by atoms with Crippen molar-refractivity contribution in [2.45, 2.75) is 69.4 Å². The lowest BCUT2D eigenvalue weighted by atomic mass is 9.80. The van der Waals surface area contributed by atoms with Crippen LogP contribution in [0.25, 0.3) is 21.9 Å². The van der Waals surface area contributed by atoms with E-state index in [2.05, 4.69) is 52.4 Å². The Morgan fingerprint density at radius 3 is 2.67 bits per heavy atom. The maximum absolute atomic E-state index is 4.95. The maximum atomic E-state index is 4.95. The van der Waals surface area contributed by atoms with E-state index in [9.17, 15) is 0 Å². The third-order valence-electron chi connectivity index (χ3n) is 8.44. The molecule has 0 amide bonds. The average Bonchev–Trinajstić information content (AvgIpc) is 3.55. The van der Waals surface area contributed by atoms with E-state index >= 15 is 0 Å². The molecule has 2 N–H and O–H groups in total. The first kappa shape index (κ1) is 21.9. The molecular formula is C27H33N9. The summed E-state index contributed by atoms with van der Waals surface area (Å²) in [4.78, 5) is 16.3. The van der Waals surface area contributed by atoms with Gasteiger partial charge in [-0.15, -0.1) is 10.2 Å². The van der Waals surface area contributed by atoms with Gasteiger partial charge in [-0.05, 0) is 43.9 Å². The van der Waals surface area contributed by atoms with E-state index in [4.69, 9.17) is 4.98 Å². The summed E-state index contributed by atoms with van der Waals surface area (Å²) in [6.07, 6.45) is 17.1. The first-order valence-electron chi connectivity index (χ1n) is 13.5. The first-order valence-corrected chi connectivity index (χ1v) is 13.5. The predicted molar refractivity (Wildman–Crippen MR) is 142 cm³/mol. The van der Waals surface area contributed by atoms with Crippen molar-refractivity contribution in [3.8, 4) is 0 Å². The highest BCUT2D eigenvalue weighted by atomic mass is 15.3. The Morgan fingerprint density at radius 1 is 0.944 bits per heavy atom. The Kier molecular flexibility index (Phi) is 5.45. The Labute approximate surface area is 210 Å². The molecule has 5 heterocycles. The molecule has 4 aromatic rings. The smallest absolute Gasteiger partial charge is 0.230 e. The van der Waals surface area contributed by atoms with Crippen molar-refractivity contribution in [2.75, 3.05) is 29.9 Å². The molecule has 9 heteroatoms. The van der Waals surface area contributed by atoms with E-state index in [1.165, 1.54) is 57.8 Å². The fraction of sp³-hybridized carbons (Fsp3) is 0.519. The molecule has 4 aromatic heterocycles. The van der Waals surface area contributed by atoms with E-state index in [0.717, 1.165) is 47.4 Å². The Balaban J connectivity index is 1.14. The molecule has 0 unspecified atom stereocenters. The fourth-order valence-electron chi connectivity index (χ4n) is 6.65. The van der Waals surface area contributed by atoms with Gasteiger partial charge in [0.2, 0.25) is 5.95 Å². The van der Waals surface area contributed by atoms with Crippen LogP contribution < -0.4 is 15.5 Å². The van der Waals surface area contributed by atoms with Gasteiger partial charge in [0.05, 0.1) is 11.7 Å². The fourth-order valence-corrected chi connectivity index (χ4v) is 6.65. The number of pyridine rings is 1. The molecule has 186 valence electrons. The average molecular weight is 484 g/mol. The number of nitrogens with zero attached hydrogens (tertiary/aromatic N) is 7. The van der Waals surface area contributed by atoms with Crippen LogP contribution in [-0.2, 0) is 0 Å². The van der Waals surface area contributed by atoms with Crippen molar-refractivity contribution in [1.29, 1.82) is 0 Å². The molecule has 0 radical (unpaired) electrons. The second kappa shape index (κ2) is 8.96. The first-order chi connectivity index (χ1) is 17.8. The Morgan fingerprint density at radius 2 is 1.83 bits per heavy atom. The van der Waals surface area contributed by atoms with Crippen molar-refractivity contribution >= 4 is 39.5 Å². The molecule has 0 bridgehead atoms. The highest BCUT2D eigenvalue weighted by molar-refractivity contribution is 6.06.